The zero-order chi connectivity index (χ0) is 21.3. The predicted molar refractivity (Wildman–Crippen MR) is 115 cm³/mol. The number of allylic oxidation sites excluding steroid dienone is 1. The van der Waals surface area contributed by atoms with Crippen LogP contribution >= 0.6 is 0 Å². The lowest BCUT2D eigenvalue weighted by Gasteiger charge is -2.26. The number of pyridine rings is 1. The van der Waals surface area contributed by atoms with E-state index in [1.807, 2.05) is 31.3 Å². The Morgan fingerprint density at radius 3 is 2.87 bits per heavy atom. The number of aldehydes is 1. The summed E-state index contributed by atoms with van der Waals surface area (Å²) >= 11 is 0. The molecule has 1 aliphatic rings. The van der Waals surface area contributed by atoms with E-state index in [4.69, 9.17) is 9.47 Å². The number of H-pyrrole nitrogens is 1. The molecule has 2 heterocycles. The minimum Gasteiger partial charge on any atom is -0.466 e. The van der Waals surface area contributed by atoms with Gasteiger partial charge in [0, 0.05) is 29.4 Å². The molecule has 0 spiro atoms. The van der Waals surface area contributed by atoms with Gasteiger partial charge in [-0.3, -0.25) is 9.59 Å². The summed E-state index contributed by atoms with van der Waals surface area (Å²) in [6.07, 6.45) is 11.5. The van der Waals surface area contributed by atoms with E-state index >= 15 is 0 Å². The van der Waals surface area contributed by atoms with Crippen LogP contribution in [-0.2, 0) is 19.1 Å². The fourth-order valence-electron chi connectivity index (χ4n) is 3.67. The number of aromatic amines is 1. The number of esters is 1. The van der Waals surface area contributed by atoms with Gasteiger partial charge in [0.05, 0.1) is 18.6 Å². The summed E-state index contributed by atoms with van der Waals surface area (Å²) in [4.78, 5) is 31.2. The second kappa shape index (κ2) is 10.6. The normalized spacial score (nSPS) is 16.1. The van der Waals surface area contributed by atoms with Crippen LogP contribution in [0.5, 0.6) is 0 Å². The summed E-state index contributed by atoms with van der Waals surface area (Å²) in [6.45, 7) is 3.83. The molecule has 3 rings (SSSR count). The zero-order valence-electron chi connectivity index (χ0n) is 17.6. The number of aromatic nitrogens is 2. The molecule has 1 fully saturated rings. The molecule has 2 aromatic rings. The smallest absolute Gasteiger partial charge is 0.310 e. The van der Waals surface area contributed by atoms with E-state index in [-0.39, 0.29) is 24.6 Å². The largest absolute Gasteiger partial charge is 0.466 e. The van der Waals surface area contributed by atoms with E-state index in [2.05, 4.69) is 15.3 Å². The van der Waals surface area contributed by atoms with Crippen molar-refractivity contribution in [3.8, 4) is 0 Å². The van der Waals surface area contributed by atoms with Crippen molar-refractivity contribution in [2.75, 3.05) is 6.61 Å². The minimum atomic E-state index is -0.449. The van der Waals surface area contributed by atoms with Gasteiger partial charge >= 0.3 is 5.97 Å². The summed E-state index contributed by atoms with van der Waals surface area (Å²) in [5.41, 5.74) is 1.99. The summed E-state index contributed by atoms with van der Waals surface area (Å²) in [7, 11) is 0. The highest BCUT2D eigenvalue weighted by Crippen LogP contribution is 2.23. The van der Waals surface area contributed by atoms with Crippen LogP contribution in [0, 0.1) is 0 Å². The Balaban J connectivity index is 1.85. The number of carbonyl (C=O) groups is 2. The summed E-state index contributed by atoms with van der Waals surface area (Å²) in [5, 5.41) is 4.34. The molecule has 0 amide bonds. The maximum atomic E-state index is 12.0. The number of rotatable bonds is 9. The third kappa shape index (κ3) is 5.72. The van der Waals surface area contributed by atoms with E-state index in [9.17, 15) is 9.59 Å². The van der Waals surface area contributed by atoms with Crippen molar-refractivity contribution in [2.24, 2.45) is 0 Å². The molecule has 0 atom stereocenters. The van der Waals surface area contributed by atoms with E-state index in [1.165, 1.54) is 6.42 Å². The molecule has 7 nitrogen and oxygen atoms in total. The minimum absolute atomic E-state index is 0.128. The monoisotopic (exact) mass is 411 g/mol. The fourth-order valence-corrected chi connectivity index (χ4v) is 3.67. The third-order valence-electron chi connectivity index (χ3n) is 5.12. The van der Waals surface area contributed by atoms with E-state index in [1.54, 1.807) is 13.1 Å². The number of carbonyl (C=O) groups excluding carboxylic acids is 2. The van der Waals surface area contributed by atoms with Crippen molar-refractivity contribution in [1.29, 1.82) is 0 Å². The van der Waals surface area contributed by atoms with Crippen molar-refractivity contribution in [3.63, 3.8) is 0 Å². The average molecular weight is 412 g/mol. The van der Waals surface area contributed by atoms with Crippen LogP contribution in [0.1, 0.15) is 57.9 Å². The van der Waals surface area contributed by atoms with Gasteiger partial charge in [0.2, 0.25) is 0 Å². The van der Waals surface area contributed by atoms with Gasteiger partial charge in [0.1, 0.15) is 11.4 Å². The highest BCUT2D eigenvalue weighted by Gasteiger charge is 2.20. The van der Waals surface area contributed by atoms with Gasteiger partial charge in [-0.05, 0) is 44.9 Å². The molecular formula is C23H29N3O4. The van der Waals surface area contributed by atoms with Gasteiger partial charge in [0.15, 0.2) is 12.2 Å². The van der Waals surface area contributed by atoms with Gasteiger partial charge < -0.3 is 19.8 Å². The highest BCUT2D eigenvalue weighted by molar-refractivity contribution is 5.86. The molecule has 1 saturated carbocycles. The van der Waals surface area contributed by atoms with Crippen molar-refractivity contribution in [3.05, 3.63) is 47.3 Å². The quantitative estimate of drug-likeness (QED) is 0.278. The number of hydrogen-bond acceptors (Lipinski definition) is 6. The number of nitrogens with one attached hydrogen (secondary N) is 2. The molecule has 160 valence electrons. The third-order valence-corrected chi connectivity index (χ3v) is 5.12. The SMILES string of the molecule is CCOC(=O)C/C(C=O)=C(\NC1CCCCC1)O/C(C)=C\c1c[nH]c2ncccc12. The molecule has 0 bridgehead atoms. The molecule has 0 aliphatic heterocycles. The standard InChI is InChI=1S/C23H29N3O4/c1-3-29-21(28)13-18(15-27)23(26-19-8-5-4-6-9-19)30-16(2)12-17-14-25-22-20(17)10-7-11-24-22/h7,10-12,14-15,19,26H,3-6,8-9,13H2,1-2H3,(H,24,25)/b16-12-,23-18-. The van der Waals surface area contributed by atoms with Gasteiger partial charge in [-0.25, -0.2) is 4.98 Å². The first-order chi connectivity index (χ1) is 14.6. The van der Waals surface area contributed by atoms with Crippen LogP contribution in [0.2, 0.25) is 0 Å². The number of nitrogens with zero attached hydrogens (tertiary/aromatic N) is 1. The first-order valence-electron chi connectivity index (χ1n) is 10.5. The maximum absolute atomic E-state index is 12.0. The molecule has 7 heteroatoms. The van der Waals surface area contributed by atoms with Crippen LogP contribution in [0.3, 0.4) is 0 Å². The number of fused-ring (bicyclic) bond motifs is 1. The van der Waals surface area contributed by atoms with E-state index in [0.29, 0.717) is 17.9 Å². The highest BCUT2D eigenvalue weighted by atomic mass is 16.5. The average Bonchev–Trinajstić information content (AvgIpc) is 3.15. The zero-order valence-corrected chi connectivity index (χ0v) is 17.6. The molecule has 0 radical (unpaired) electrons. The van der Waals surface area contributed by atoms with Crippen molar-refractivity contribution in [1.82, 2.24) is 15.3 Å². The molecule has 0 unspecified atom stereocenters. The van der Waals surface area contributed by atoms with Gasteiger partial charge in [0.25, 0.3) is 0 Å². The Morgan fingerprint density at radius 1 is 1.33 bits per heavy atom. The number of ether oxygens (including phenoxy) is 2. The second-order valence-corrected chi connectivity index (χ2v) is 7.43. The van der Waals surface area contributed by atoms with Crippen molar-refractivity contribution >= 4 is 29.4 Å². The van der Waals surface area contributed by atoms with Gasteiger partial charge in [-0.1, -0.05) is 19.3 Å². The fraction of sp³-hybridized carbons (Fsp3) is 0.435. The molecular weight excluding hydrogens is 382 g/mol. The predicted octanol–water partition coefficient (Wildman–Crippen LogP) is 4.23. The summed E-state index contributed by atoms with van der Waals surface area (Å²) in [6, 6.07) is 4.08. The number of hydrogen-bond donors (Lipinski definition) is 2. The first kappa shape index (κ1) is 21.6. The Morgan fingerprint density at radius 2 is 2.13 bits per heavy atom. The Labute approximate surface area is 176 Å². The van der Waals surface area contributed by atoms with Crippen LogP contribution in [0.15, 0.2) is 41.7 Å². The Bertz CT molecular complexity index is 939. The van der Waals surface area contributed by atoms with Gasteiger partial charge in [-0.15, -0.1) is 0 Å². The molecule has 1 aliphatic carbocycles. The molecule has 0 aromatic carbocycles. The molecule has 2 N–H and O–H groups in total. The van der Waals surface area contributed by atoms with Crippen LogP contribution in [0.4, 0.5) is 0 Å². The lowest BCUT2D eigenvalue weighted by Crippen LogP contribution is -2.32. The molecule has 30 heavy (non-hydrogen) atoms. The topological polar surface area (TPSA) is 93.3 Å². The summed E-state index contributed by atoms with van der Waals surface area (Å²) < 4.78 is 11.1. The second-order valence-electron chi connectivity index (χ2n) is 7.43. The van der Waals surface area contributed by atoms with Crippen LogP contribution in [0.25, 0.3) is 17.1 Å². The van der Waals surface area contributed by atoms with Gasteiger partial charge in [-0.2, -0.15) is 0 Å². The van der Waals surface area contributed by atoms with E-state index < -0.39 is 5.97 Å². The lowest BCUT2D eigenvalue weighted by atomic mass is 9.95. The molecule has 0 saturated heterocycles. The summed E-state index contributed by atoms with van der Waals surface area (Å²) in [5.74, 6) is 0.480. The van der Waals surface area contributed by atoms with E-state index in [0.717, 1.165) is 42.3 Å². The first-order valence-corrected chi connectivity index (χ1v) is 10.5. The lowest BCUT2D eigenvalue weighted by molar-refractivity contribution is -0.142. The van der Waals surface area contributed by atoms with Crippen molar-refractivity contribution < 1.29 is 19.1 Å². The van der Waals surface area contributed by atoms with Crippen LogP contribution < -0.4 is 5.32 Å². The maximum Gasteiger partial charge on any atom is 0.310 e. The Kier molecular flexibility index (Phi) is 7.65. The Hall–Kier alpha value is -3.09. The van der Waals surface area contributed by atoms with Crippen molar-refractivity contribution in [2.45, 2.75) is 58.4 Å². The molecule has 2 aromatic heterocycles. The van der Waals surface area contributed by atoms with Crippen LogP contribution in [-0.4, -0.2) is 34.9 Å².